The predicted molar refractivity (Wildman–Crippen MR) is 88.6 cm³/mol. The lowest BCUT2D eigenvalue weighted by atomic mass is 10.2. The van der Waals surface area contributed by atoms with Gasteiger partial charge in [0, 0.05) is 39.3 Å². The Morgan fingerprint density at radius 1 is 1.29 bits per heavy atom. The minimum absolute atomic E-state index is 0.0234. The highest BCUT2D eigenvalue weighted by Gasteiger charge is 2.25. The summed E-state index contributed by atoms with van der Waals surface area (Å²) >= 11 is 0. The zero-order chi connectivity index (χ0) is 16.8. The van der Waals surface area contributed by atoms with Crippen molar-refractivity contribution in [2.75, 3.05) is 45.9 Å². The highest BCUT2D eigenvalue weighted by atomic mass is 16.5. The van der Waals surface area contributed by atoms with Crippen molar-refractivity contribution in [3.8, 4) is 11.8 Å². The maximum Gasteiger partial charge on any atom is 0.260 e. The molecule has 3 rings (SSSR count). The van der Waals surface area contributed by atoms with Crippen LogP contribution < -0.4 is 4.74 Å². The molecule has 128 valence electrons. The lowest BCUT2D eigenvalue weighted by Crippen LogP contribution is -2.51. The molecule has 6 heteroatoms. The van der Waals surface area contributed by atoms with E-state index in [4.69, 9.17) is 14.7 Å². The second-order valence-corrected chi connectivity index (χ2v) is 6.21. The van der Waals surface area contributed by atoms with E-state index in [0.717, 1.165) is 52.2 Å². The summed E-state index contributed by atoms with van der Waals surface area (Å²) in [5, 5.41) is 9.04. The molecule has 2 fully saturated rings. The van der Waals surface area contributed by atoms with Gasteiger partial charge in [-0.1, -0.05) is 12.1 Å². The van der Waals surface area contributed by atoms with Gasteiger partial charge in [-0.15, -0.1) is 0 Å². The summed E-state index contributed by atoms with van der Waals surface area (Å²) in [5.74, 6) is 0.435. The summed E-state index contributed by atoms with van der Waals surface area (Å²) < 4.78 is 11.2. The van der Waals surface area contributed by atoms with Crippen molar-refractivity contribution in [3.05, 3.63) is 29.8 Å². The molecule has 2 aliphatic heterocycles. The van der Waals surface area contributed by atoms with Crippen LogP contribution >= 0.6 is 0 Å². The van der Waals surface area contributed by atoms with Crippen molar-refractivity contribution in [3.63, 3.8) is 0 Å². The smallest absolute Gasteiger partial charge is 0.260 e. The number of rotatable bonds is 5. The Morgan fingerprint density at radius 2 is 2.08 bits per heavy atom. The third-order valence-electron chi connectivity index (χ3n) is 4.57. The molecule has 1 aromatic rings. The normalized spacial score (nSPS) is 21.5. The summed E-state index contributed by atoms with van der Waals surface area (Å²) in [5.41, 5.74) is 0.451. The first-order valence-electron chi connectivity index (χ1n) is 8.50. The molecule has 2 saturated heterocycles. The number of amides is 1. The van der Waals surface area contributed by atoms with E-state index in [1.165, 1.54) is 0 Å². The van der Waals surface area contributed by atoms with E-state index in [-0.39, 0.29) is 12.5 Å². The summed E-state index contributed by atoms with van der Waals surface area (Å²) in [6.07, 6.45) is 2.66. The summed E-state index contributed by atoms with van der Waals surface area (Å²) in [6.45, 7) is 5.01. The molecular weight excluding hydrogens is 306 g/mol. The molecule has 1 amide bonds. The molecule has 6 nitrogen and oxygen atoms in total. The average molecular weight is 329 g/mol. The molecule has 0 saturated carbocycles. The van der Waals surface area contributed by atoms with Crippen molar-refractivity contribution < 1.29 is 14.3 Å². The number of hydrogen-bond acceptors (Lipinski definition) is 5. The van der Waals surface area contributed by atoms with E-state index in [2.05, 4.69) is 11.0 Å². The summed E-state index contributed by atoms with van der Waals surface area (Å²) in [4.78, 5) is 16.5. The Labute approximate surface area is 142 Å². The quantitative estimate of drug-likeness (QED) is 0.814. The summed E-state index contributed by atoms with van der Waals surface area (Å²) in [6, 6.07) is 9.04. The van der Waals surface area contributed by atoms with Gasteiger partial charge >= 0.3 is 0 Å². The van der Waals surface area contributed by atoms with Gasteiger partial charge in [-0.05, 0) is 25.0 Å². The van der Waals surface area contributed by atoms with Crippen LogP contribution in [0.4, 0.5) is 0 Å². The number of piperazine rings is 1. The summed E-state index contributed by atoms with van der Waals surface area (Å²) in [7, 11) is 0. The number of benzene rings is 1. The molecular formula is C18H23N3O3. The lowest BCUT2D eigenvalue weighted by molar-refractivity contribution is -0.135. The van der Waals surface area contributed by atoms with E-state index in [1.807, 2.05) is 4.90 Å². The van der Waals surface area contributed by atoms with Crippen molar-refractivity contribution in [1.82, 2.24) is 9.80 Å². The first-order valence-corrected chi connectivity index (χ1v) is 8.50. The Morgan fingerprint density at radius 3 is 2.79 bits per heavy atom. The van der Waals surface area contributed by atoms with Crippen LogP contribution in [0.15, 0.2) is 24.3 Å². The van der Waals surface area contributed by atoms with E-state index in [1.54, 1.807) is 24.3 Å². The maximum atomic E-state index is 12.3. The van der Waals surface area contributed by atoms with Gasteiger partial charge in [-0.2, -0.15) is 5.26 Å². The molecule has 2 heterocycles. The van der Waals surface area contributed by atoms with Crippen LogP contribution in [0.3, 0.4) is 0 Å². The van der Waals surface area contributed by atoms with Gasteiger partial charge in [0.15, 0.2) is 6.61 Å². The van der Waals surface area contributed by atoms with Gasteiger partial charge in [-0.25, -0.2) is 0 Å². The van der Waals surface area contributed by atoms with Crippen LogP contribution in [-0.2, 0) is 9.53 Å². The molecule has 0 radical (unpaired) electrons. The SMILES string of the molecule is N#Cc1ccccc1OCC(=O)N1CCN(CC2CCCO2)CC1. The van der Waals surface area contributed by atoms with Crippen molar-refractivity contribution in [1.29, 1.82) is 5.26 Å². The zero-order valence-corrected chi connectivity index (χ0v) is 13.8. The monoisotopic (exact) mass is 329 g/mol. The number of hydrogen-bond donors (Lipinski definition) is 0. The largest absolute Gasteiger partial charge is 0.482 e. The predicted octanol–water partition coefficient (Wildman–Crippen LogP) is 1.26. The second kappa shape index (κ2) is 8.13. The Balaban J connectivity index is 1.42. The van der Waals surface area contributed by atoms with Gasteiger partial charge in [0.1, 0.15) is 11.8 Å². The average Bonchev–Trinajstić information content (AvgIpc) is 3.13. The van der Waals surface area contributed by atoms with Crippen LogP contribution in [0.5, 0.6) is 5.75 Å². The first kappa shape index (κ1) is 16.7. The minimum atomic E-state index is -0.0282. The number of carbonyl (C=O) groups excluding carboxylic acids is 1. The minimum Gasteiger partial charge on any atom is -0.482 e. The lowest BCUT2D eigenvalue weighted by Gasteiger charge is -2.35. The van der Waals surface area contributed by atoms with Gasteiger partial charge in [0.25, 0.3) is 5.91 Å². The molecule has 0 aliphatic carbocycles. The third kappa shape index (κ3) is 4.25. The van der Waals surface area contributed by atoms with Gasteiger partial charge in [-0.3, -0.25) is 9.69 Å². The van der Waals surface area contributed by atoms with Crippen LogP contribution in [-0.4, -0.2) is 67.7 Å². The van der Waals surface area contributed by atoms with E-state index < -0.39 is 0 Å². The molecule has 24 heavy (non-hydrogen) atoms. The highest BCUT2D eigenvalue weighted by molar-refractivity contribution is 5.78. The van der Waals surface area contributed by atoms with Gasteiger partial charge < -0.3 is 14.4 Å². The second-order valence-electron chi connectivity index (χ2n) is 6.21. The van der Waals surface area contributed by atoms with Crippen molar-refractivity contribution in [2.45, 2.75) is 18.9 Å². The van der Waals surface area contributed by atoms with Gasteiger partial charge in [0.2, 0.25) is 0 Å². The molecule has 0 N–H and O–H groups in total. The molecule has 1 aromatic carbocycles. The van der Waals surface area contributed by atoms with Crippen LogP contribution in [0.25, 0.3) is 0 Å². The first-order chi connectivity index (χ1) is 11.8. The number of ether oxygens (including phenoxy) is 2. The Hall–Kier alpha value is -2.10. The van der Waals surface area contributed by atoms with E-state index in [0.29, 0.717) is 17.4 Å². The molecule has 1 unspecified atom stereocenters. The molecule has 1 atom stereocenters. The number of nitrogens with zero attached hydrogens (tertiary/aromatic N) is 3. The fraction of sp³-hybridized carbons (Fsp3) is 0.556. The number of para-hydroxylation sites is 1. The maximum absolute atomic E-state index is 12.3. The Bertz CT molecular complexity index is 600. The Kier molecular flexibility index (Phi) is 5.68. The number of carbonyl (C=O) groups is 1. The van der Waals surface area contributed by atoms with E-state index >= 15 is 0 Å². The third-order valence-corrected chi connectivity index (χ3v) is 4.57. The highest BCUT2D eigenvalue weighted by Crippen LogP contribution is 2.17. The van der Waals surface area contributed by atoms with Crippen molar-refractivity contribution >= 4 is 5.91 Å². The molecule has 0 aromatic heterocycles. The topological polar surface area (TPSA) is 65.8 Å². The van der Waals surface area contributed by atoms with Crippen LogP contribution in [0, 0.1) is 11.3 Å². The molecule has 2 aliphatic rings. The fourth-order valence-electron chi connectivity index (χ4n) is 3.17. The van der Waals surface area contributed by atoms with Crippen LogP contribution in [0.2, 0.25) is 0 Å². The standard InChI is InChI=1S/C18H23N3O3/c19-12-15-4-1-2-6-17(15)24-14-18(22)21-9-7-20(8-10-21)13-16-5-3-11-23-16/h1-2,4,6,16H,3,5,7-11,13-14H2. The fourth-order valence-corrected chi connectivity index (χ4v) is 3.17. The van der Waals surface area contributed by atoms with Gasteiger partial charge in [0.05, 0.1) is 11.7 Å². The number of nitriles is 1. The molecule has 0 bridgehead atoms. The van der Waals surface area contributed by atoms with Crippen molar-refractivity contribution in [2.24, 2.45) is 0 Å². The zero-order valence-electron chi connectivity index (χ0n) is 13.8. The van der Waals surface area contributed by atoms with E-state index in [9.17, 15) is 4.79 Å². The molecule has 0 spiro atoms. The van der Waals surface area contributed by atoms with Crippen LogP contribution in [0.1, 0.15) is 18.4 Å².